The Labute approximate surface area is 105 Å². The Morgan fingerprint density at radius 2 is 2.11 bits per heavy atom. The number of nitrogen functional groups attached to an aromatic ring is 1. The molecule has 1 heterocycles. The molecule has 0 aliphatic heterocycles. The van der Waals surface area contributed by atoms with Gasteiger partial charge in [-0.15, -0.1) is 10.2 Å². The standard InChI is InChI=1S/C12H17N5O/c1-3-14-12-16-15-11(17(12)4-2)8-5-6-9(13)10(18)7-8/h5-7,18H,3-4,13H2,1-2H3,(H,14,16). The lowest BCUT2D eigenvalue weighted by molar-refractivity contribution is 0.478. The summed E-state index contributed by atoms with van der Waals surface area (Å²) in [7, 11) is 0. The van der Waals surface area contributed by atoms with E-state index in [0.717, 1.165) is 24.6 Å². The largest absolute Gasteiger partial charge is 0.506 e. The second kappa shape index (κ2) is 4.95. The van der Waals surface area contributed by atoms with Crippen molar-refractivity contribution in [2.75, 3.05) is 17.6 Å². The minimum absolute atomic E-state index is 0.0585. The van der Waals surface area contributed by atoms with Gasteiger partial charge in [0.25, 0.3) is 0 Å². The Hall–Kier alpha value is -2.24. The summed E-state index contributed by atoms with van der Waals surface area (Å²) < 4.78 is 1.95. The lowest BCUT2D eigenvalue weighted by atomic mass is 10.2. The molecular weight excluding hydrogens is 230 g/mol. The van der Waals surface area contributed by atoms with Gasteiger partial charge in [0.15, 0.2) is 5.82 Å². The number of hydrogen-bond acceptors (Lipinski definition) is 5. The summed E-state index contributed by atoms with van der Waals surface area (Å²) in [6.45, 7) is 5.55. The average molecular weight is 247 g/mol. The molecule has 0 saturated carbocycles. The maximum Gasteiger partial charge on any atom is 0.224 e. The molecule has 6 nitrogen and oxygen atoms in total. The van der Waals surface area contributed by atoms with Crippen LogP contribution in [0.1, 0.15) is 13.8 Å². The summed E-state index contributed by atoms with van der Waals surface area (Å²) in [6, 6.07) is 5.08. The Morgan fingerprint density at radius 1 is 1.33 bits per heavy atom. The molecule has 0 atom stereocenters. The minimum Gasteiger partial charge on any atom is -0.506 e. The van der Waals surface area contributed by atoms with Gasteiger partial charge in [-0.3, -0.25) is 4.57 Å². The zero-order valence-electron chi connectivity index (χ0n) is 10.5. The highest BCUT2D eigenvalue weighted by Gasteiger charge is 2.12. The number of anilines is 2. The van der Waals surface area contributed by atoms with E-state index < -0.39 is 0 Å². The monoisotopic (exact) mass is 247 g/mol. The molecule has 0 aliphatic carbocycles. The lowest BCUT2D eigenvalue weighted by Crippen LogP contribution is -2.06. The van der Waals surface area contributed by atoms with Gasteiger partial charge in [-0.2, -0.15) is 0 Å². The van der Waals surface area contributed by atoms with Gasteiger partial charge >= 0.3 is 0 Å². The first-order valence-electron chi connectivity index (χ1n) is 5.93. The summed E-state index contributed by atoms with van der Waals surface area (Å²) in [4.78, 5) is 0. The lowest BCUT2D eigenvalue weighted by Gasteiger charge is -2.08. The van der Waals surface area contributed by atoms with Crippen molar-refractivity contribution >= 4 is 11.6 Å². The van der Waals surface area contributed by atoms with Gasteiger partial charge < -0.3 is 16.2 Å². The first-order chi connectivity index (χ1) is 8.67. The van der Waals surface area contributed by atoms with Crippen LogP contribution in [0.4, 0.5) is 11.6 Å². The molecule has 2 aromatic rings. The molecule has 1 aromatic carbocycles. The molecule has 2 rings (SSSR count). The maximum atomic E-state index is 9.64. The Balaban J connectivity index is 2.46. The SMILES string of the molecule is CCNc1nnc(-c2ccc(N)c(O)c2)n1CC. The van der Waals surface area contributed by atoms with Crippen LogP contribution in [-0.2, 0) is 6.54 Å². The van der Waals surface area contributed by atoms with Gasteiger partial charge in [0, 0.05) is 18.7 Å². The average Bonchev–Trinajstić information content (AvgIpc) is 2.76. The number of nitrogens with one attached hydrogen (secondary N) is 1. The van der Waals surface area contributed by atoms with E-state index in [-0.39, 0.29) is 5.75 Å². The molecule has 18 heavy (non-hydrogen) atoms. The topological polar surface area (TPSA) is 89.0 Å². The number of phenolic OH excluding ortho intramolecular Hbond substituents is 1. The second-order valence-electron chi connectivity index (χ2n) is 3.90. The molecule has 4 N–H and O–H groups in total. The molecule has 0 aliphatic rings. The van der Waals surface area contributed by atoms with E-state index in [4.69, 9.17) is 5.73 Å². The van der Waals surface area contributed by atoms with Crippen molar-refractivity contribution in [1.82, 2.24) is 14.8 Å². The predicted molar refractivity (Wildman–Crippen MR) is 71.4 cm³/mol. The summed E-state index contributed by atoms with van der Waals surface area (Å²) >= 11 is 0. The molecule has 1 aromatic heterocycles. The van der Waals surface area contributed by atoms with Gasteiger partial charge in [0.2, 0.25) is 5.95 Å². The van der Waals surface area contributed by atoms with Crippen molar-refractivity contribution in [2.24, 2.45) is 0 Å². The number of phenols is 1. The van der Waals surface area contributed by atoms with Crippen molar-refractivity contribution in [3.05, 3.63) is 18.2 Å². The fourth-order valence-electron chi connectivity index (χ4n) is 1.79. The summed E-state index contributed by atoms with van der Waals surface area (Å²) in [6.07, 6.45) is 0. The van der Waals surface area contributed by atoms with Crippen molar-refractivity contribution in [1.29, 1.82) is 0 Å². The van der Waals surface area contributed by atoms with Gasteiger partial charge in [0.1, 0.15) is 5.75 Å². The van der Waals surface area contributed by atoms with Gasteiger partial charge in [0.05, 0.1) is 5.69 Å². The Morgan fingerprint density at radius 3 is 2.72 bits per heavy atom. The van der Waals surface area contributed by atoms with Crippen LogP contribution in [0.2, 0.25) is 0 Å². The number of benzene rings is 1. The van der Waals surface area contributed by atoms with Crippen molar-refractivity contribution in [3.8, 4) is 17.1 Å². The van der Waals surface area contributed by atoms with Crippen molar-refractivity contribution < 1.29 is 5.11 Å². The normalized spacial score (nSPS) is 10.6. The number of nitrogens with zero attached hydrogens (tertiary/aromatic N) is 3. The maximum absolute atomic E-state index is 9.64. The third-order valence-electron chi connectivity index (χ3n) is 2.69. The quantitative estimate of drug-likeness (QED) is 0.565. The minimum atomic E-state index is 0.0585. The molecule has 96 valence electrons. The van der Waals surface area contributed by atoms with E-state index in [1.54, 1.807) is 12.1 Å². The van der Waals surface area contributed by atoms with Gasteiger partial charge in [-0.25, -0.2) is 0 Å². The van der Waals surface area contributed by atoms with Crippen LogP contribution in [0.5, 0.6) is 5.75 Å². The van der Waals surface area contributed by atoms with Crippen LogP contribution in [0, 0.1) is 0 Å². The van der Waals surface area contributed by atoms with Crippen LogP contribution in [-0.4, -0.2) is 26.4 Å². The molecule has 0 fully saturated rings. The zero-order valence-corrected chi connectivity index (χ0v) is 10.5. The van der Waals surface area contributed by atoms with E-state index in [2.05, 4.69) is 15.5 Å². The first-order valence-corrected chi connectivity index (χ1v) is 5.93. The van der Waals surface area contributed by atoms with E-state index >= 15 is 0 Å². The van der Waals surface area contributed by atoms with Crippen LogP contribution in [0.3, 0.4) is 0 Å². The van der Waals surface area contributed by atoms with Gasteiger partial charge in [-0.1, -0.05) is 0 Å². The number of nitrogens with two attached hydrogens (primary N) is 1. The van der Waals surface area contributed by atoms with Crippen LogP contribution < -0.4 is 11.1 Å². The van der Waals surface area contributed by atoms with E-state index in [1.807, 2.05) is 24.5 Å². The van der Waals surface area contributed by atoms with E-state index in [0.29, 0.717) is 11.5 Å². The highest BCUT2D eigenvalue weighted by atomic mass is 16.3. The summed E-state index contributed by atoms with van der Waals surface area (Å²) in [5, 5.41) is 21.0. The molecule has 6 heteroatoms. The fraction of sp³-hybridized carbons (Fsp3) is 0.333. The van der Waals surface area contributed by atoms with Crippen LogP contribution in [0.25, 0.3) is 11.4 Å². The molecule has 0 unspecified atom stereocenters. The number of rotatable bonds is 4. The Bertz CT molecular complexity index is 549. The van der Waals surface area contributed by atoms with Crippen LogP contribution >= 0.6 is 0 Å². The molecule has 0 amide bonds. The third-order valence-corrected chi connectivity index (χ3v) is 2.69. The predicted octanol–water partition coefficient (Wildman–Crippen LogP) is 1.68. The number of aromatic nitrogens is 3. The van der Waals surface area contributed by atoms with Crippen molar-refractivity contribution in [2.45, 2.75) is 20.4 Å². The zero-order chi connectivity index (χ0) is 13.1. The second-order valence-corrected chi connectivity index (χ2v) is 3.90. The molecular formula is C12H17N5O. The third kappa shape index (κ3) is 2.09. The van der Waals surface area contributed by atoms with E-state index in [9.17, 15) is 5.11 Å². The highest BCUT2D eigenvalue weighted by Crippen LogP contribution is 2.28. The van der Waals surface area contributed by atoms with Crippen LogP contribution in [0.15, 0.2) is 18.2 Å². The van der Waals surface area contributed by atoms with Crippen molar-refractivity contribution in [3.63, 3.8) is 0 Å². The Kier molecular flexibility index (Phi) is 3.36. The molecule has 0 spiro atoms. The number of aromatic hydroxyl groups is 1. The highest BCUT2D eigenvalue weighted by molar-refractivity contribution is 5.65. The molecule has 0 bridgehead atoms. The smallest absolute Gasteiger partial charge is 0.224 e. The number of hydrogen-bond donors (Lipinski definition) is 3. The molecule has 0 saturated heterocycles. The fourth-order valence-corrected chi connectivity index (χ4v) is 1.79. The summed E-state index contributed by atoms with van der Waals surface area (Å²) in [5.41, 5.74) is 6.73. The van der Waals surface area contributed by atoms with Gasteiger partial charge in [-0.05, 0) is 32.0 Å². The summed E-state index contributed by atoms with van der Waals surface area (Å²) in [5.74, 6) is 1.50. The molecule has 0 radical (unpaired) electrons. The van der Waals surface area contributed by atoms with E-state index in [1.165, 1.54) is 0 Å². The first kappa shape index (κ1) is 12.2.